The highest BCUT2D eigenvalue weighted by atomic mass is 32.2. The van der Waals surface area contributed by atoms with Crippen LogP contribution in [0.25, 0.3) is 0 Å². The zero-order valence-electron chi connectivity index (χ0n) is 14.9. The third-order valence-corrected chi connectivity index (χ3v) is 6.27. The van der Waals surface area contributed by atoms with Crippen LogP contribution in [0.3, 0.4) is 0 Å². The SMILES string of the molecule is CC1=C(C(=O)OC(c2ccccc2)c2ccccc2)N2C(=O)[C@@H](N)[C@@H]2SC1. The molecule has 5 nitrogen and oxygen atoms in total. The predicted octanol–water partition coefficient (Wildman–Crippen LogP) is 2.84. The van der Waals surface area contributed by atoms with Crippen molar-refractivity contribution in [2.45, 2.75) is 24.4 Å². The highest BCUT2D eigenvalue weighted by Gasteiger charge is 2.51. The Hall–Kier alpha value is -2.57. The van der Waals surface area contributed by atoms with Crippen LogP contribution in [0.2, 0.25) is 0 Å². The van der Waals surface area contributed by atoms with Crippen LogP contribution in [-0.4, -0.2) is 33.9 Å². The number of carbonyl (C=O) groups excluding carboxylic acids is 2. The molecule has 2 aliphatic rings. The highest BCUT2D eigenvalue weighted by Crippen LogP contribution is 2.40. The van der Waals surface area contributed by atoms with Crippen LogP contribution in [0.15, 0.2) is 71.9 Å². The molecule has 4 rings (SSSR count). The standard InChI is InChI=1S/C21H20N2O3S/c1-13-12-27-20-16(22)19(24)23(20)17(13)21(25)26-18(14-8-4-2-5-9-14)15-10-6-3-7-11-15/h2-11,16,18,20H,12,22H2,1H3/t16-,20+/m1/s1. The molecule has 1 fully saturated rings. The Bertz CT molecular complexity index is 859. The second-order valence-electron chi connectivity index (χ2n) is 6.67. The summed E-state index contributed by atoms with van der Waals surface area (Å²) in [6, 6.07) is 18.6. The summed E-state index contributed by atoms with van der Waals surface area (Å²) in [5.74, 6) is -0.0567. The van der Waals surface area contributed by atoms with E-state index in [0.29, 0.717) is 11.4 Å². The largest absolute Gasteiger partial charge is 0.448 e. The number of esters is 1. The fourth-order valence-electron chi connectivity index (χ4n) is 3.41. The fourth-order valence-corrected chi connectivity index (χ4v) is 4.65. The monoisotopic (exact) mass is 380 g/mol. The first-order valence-corrected chi connectivity index (χ1v) is 9.83. The molecule has 2 heterocycles. The van der Waals surface area contributed by atoms with Crippen molar-refractivity contribution in [1.82, 2.24) is 4.90 Å². The van der Waals surface area contributed by atoms with E-state index in [9.17, 15) is 9.59 Å². The van der Waals surface area contributed by atoms with Gasteiger partial charge in [0, 0.05) is 5.75 Å². The van der Waals surface area contributed by atoms with E-state index in [0.717, 1.165) is 16.7 Å². The Morgan fingerprint density at radius 2 is 1.67 bits per heavy atom. The van der Waals surface area contributed by atoms with Gasteiger partial charge in [-0.1, -0.05) is 60.7 Å². The molecule has 2 aliphatic heterocycles. The van der Waals surface area contributed by atoms with Gasteiger partial charge in [-0.25, -0.2) is 4.79 Å². The van der Waals surface area contributed by atoms with E-state index in [4.69, 9.17) is 10.5 Å². The van der Waals surface area contributed by atoms with E-state index < -0.39 is 18.1 Å². The number of nitrogens with two attached hydrogens (primary N) is 1. The van der Waals surface area contributed by atoms with Gasteiger partial charge in [0.2, 0.25) is 5.91 Å². The molecule has 6 heteroatoms. The van der Waals surface area contributed by atoms with Gasteiger partial charge >= 0.3 is 5.97 Å². The minimum absolute atomic E-state index is 0.185. The molecule has 0 radical (unpaired) electrons. The van der Waals surface area contributed by atoms with Crippen LogP contribution < -0.4 is 5.73 Å². The maximum absolute atomic E-state index is 13.1. The first kappa shape index (κ1) is 17.8. The average Bonchev–Trinajstić information content (AvgIpc) is 2.72. The molecule has 1 saturated heterocycles. The quantitative estimate of drug-likeness (QED) is 0.652. The molecule has 2 atom stereocenters. The van der Waals surface area contributed by atoms with Crippen LogP contribution in [0.4, 0.5) is 0 Å². The molecule has 2 aromatic rings. The number of benzene rings is 2. The average molecular weight is 380 g/mol. The Morgan fingerprint density at radius 3 is 2.22 bits per heavy atom. The molecule has 0 saturated carbocycles. The minimum Gasteiger partial charge on any atom is -0.448 e. The number of hydrogen-bond donors (Lipinski definition) is 1. The van der Waals surface area contributed by atoms with Crippen molar-refractivity contribution in [2.24, 2.45) is 5.73 Å². The van der Waals surface area contributed by atoms with Gasteiger partial charge in [-0.15, -0.1) is 11.8 Å². The van der Waals surface area contributed by atoms with Gasteiger partial charge in [-0.2, -0.15) is 0 Å². The zero-order chi connectivity index (χ0) is 19.0. The fraction of sp³-hybridized carbons (Fsp3) is 0.238. The lowest BCUT2D eigenvalue weighted by molar-refractivity contribution is -0.153. The van der Waals surface area contributed by atoms with Crippen molar-refractivity contribution < 1.29 is 14.3 Å². The van der Waals surface area contributed by atoms with Crippen molar-refractivity contribution in [1.29, 1.82) is 0 Å². The van der Waals surface area contributed by atoms with E-state index in [2.05, 4.69) is 0 Å². The summed E-state index contributed by atoms with van der Waals surface area (Å²) in [7, 11) is 0. The summed E-state index contributed by atoms with van der Waals surface area (Å²) >= 11 is 1.58. The number of amides is 1. The van der Waals surface area contributed by atoms with E-state index in [1.807, 2.05) is 67.6 Å². The van der Waals surface area contributed by atoms with E-state index in [1.165, 1.54) is 4.90 Å². The third-order valence-electron chi connectivity index (χ3n) is 4.82. The van der Waals surface area contributed by atoms with Crippen molar-refractivity contribution in [2.75, 3.05) is 5.75 Å². The Labute approximate surface area is 162 Å². The van der Waals surface area contributed by atoms with Gasteiger partial charge < -0.3 is 10.5 Å². The first-order valence-electron chi connectivity index (χ1n) is 8.79. The van der Waals surface area contributed by atoms with Crippen molar-refractivity contribution in [3.63, 3.8) is 0 Å². The second-order valence-corrected chi connectivity index (χ2v) is 7.78. The summed E-state index contributed by atoms with van der Waals surface area (Å²) in [5.41, 5.74) is 8.81. The maximum atomic E-state index is 13.1. The van der Waals surface area contributed by atoms with Crippen LogP contribution in [-0.2, 0) is 14.3 Å². The zero-order valence-corrected chi connectivity index (χ0v) is 15.7. The third kappa shape index (κ3) is 3.15. The van der Waals surface area contributed by atoms with E-state index in [1.54, 1.807) is 11.8 Å². The van der Waals surface area contributed by atoms with Crippen LogP contribution in [0.1, 0.15) is 24.2 Å². The van der Waals surface area contributed by atoms with Gasteiger partial charge in [0.15, 0.2) is 6.10 Å². The summed E-state index contributed by atoms with van der Waals surface area (Å²) in [6.45, 7) is 1.86. The number of carbonyl (C=O) groups is 2. The van der Waals surface area contributed by atoms with Gasteiger partial charge in [0.1, 0.15) is 17.1 Å². The highest BCUT2D eigenvalue weighted by molar-refractivity contribution is 8.00. The van der Waals surface area contributed by atoms with Crippen molar-refractivity contribution >= 4 is 23.6 Å². The Morgan fingerprint density at radius 1 is 1.11 bits per heavy atom. The Kier molecular flexibility index (Phi) is 4.76. The van der Waals surface area contributed by atoms with Crippen molar-refractivity contribution in [3.05, 3.63) is 83.1 Å². The van der Waals surface area contributed by atoms with Gasteiger partial charge in [-0.3, -0.25) is 9.69 Å². The van der Waals surface area contributed by atoms with Gasteiger partial charge in [0.25, 0.3) is 0 Å². The van der Waals surface area contributed by atoms with Crippen molar-refractivity contribution in [3.8, 4) is 0 Å². The van der Waals surface area contributed by atoms with E-state index in [-0.39, 0.29) is 11.3 Å². The van der Waals surface area contributed by atoms with Gasteiger partial charge in [-0.05, 0) is 23.6 Å². The lowest BCUT2D eigenvalue weighted by Crippen LogP contribution is -2.68. The molecule has 0 unspecified atom stereocenters. The smallest absolute Gasteiger partial charge is 0.356 e. The molecule has 0 aliphatic carbocycles. The summed E-state index contributed by atoms with van der Waals surface area (Å²) in [6.07, 6.45) is -0.543. The molecule has 0 spiro atoms. The summed E-state index contributed by atoms with van der Waals surface area (Å²) < 4.78 is 5.93. The molecule has 2 N–H and O–H groups in total. The first-order chi connectivity index (χ1) is 13.1. The summed E-state index contributed by atoms with van der Waals surface area (Å²) in [5, 5.41) is -0.185. The Balaban J connectivity index is 1.65. The normalized spacial score (nSPS) is 21.7. The number of fused-ring (bicyclic) bond motifs is 1. The maximum Gasteiger partial charge on any atom is 0.356 e. The van der Waals surface area contributed by atoms with Crippen LogP contribution in [0.5, 0.6) is 0 Å². The lowest BCUT2D eigenvalue weighted by Gasteiger charge is -2.48. The molecule has 27 heavy (non-hydrogen) atoms. The molecule has 2 aromatic carbocycles. The molecule has 0 aromatic heterocycles. The number of hydrogen-bond acceptors (Lipinski definition) is 5. The number of nitrogens with zero attached hydrogens (tertiary/aromatic N) is 1. The number of ether oxygens (including phenoxy) is 1. The van der Waals surface area contributed by atoms with Crippen LogP contribution >= 0.6 is 11.8 Å². The molecular formula is C21H20N2O3S. The van der Waals surface area contributed by atoms with E-state index >= 15 is 0 Å². The summed E-state index contributed by atoms with van der Waals surface area (Å²) in [4.78, 5) is 26.8. The second kappa shape index (κ2) is 7.21. The van der Waals surface area contributed by atoms with Crippen LogP contribution in [0, 0.1) is 0 Å². The predicted molar refractivity (Wildman–Crippen MR) is 105 cm³/mol. The number of rotatable bonds is 4. The number of thioether (sulfide) groups is 1. The molecule has 1 amide bonds. The lowest BCUT2D eigenvalue weighted by atomic mass is 10.0. The minimum atomic E-state index is -0.551. The van der Waals surface area contributed by atoms with Gasteiger partial charge in [0.05, 0.1) is 0 Å². The number of β-lactam (4-membered cyclic amide) rings is 1. The molecule has 0 bridgehead atoms. The molecular weight excluding hydrogens is 360 g/mol. The molecule has 138 valence electrons. The topological polar surface area (TPSA) is 72.6 Å².